The van der Waals surface area contributed by atoms with Gasteiger partial charge in [0.05, 0.1) is 29.9 Å². The highest BCUT2D eigenvalue weighted by molar-refractivity contribution is 7.92. The van der Waals surface area contributed by atoms with Gasteiger partial charge in [-0.2, -0.15) is 0 Å². The summed E-state index contributed by atoms with van der Waals surface area (Å²) in [6.07, 6.45) is 4.50. The molecule has 0 spiro atoms. The molecule has 0 atom stereocenters. The van der Waals surface area contributed by atoms with Crippen LogP contribution in [0.2, 0.25) is 0 Å². The molecule has 0 aliphatic carbocycles. The first kappa shape index (κ1) is 22.0. The van der Waals surface area contributed by atoms with E-state index < -0.39 is 20.4 Å². The SMILES string of the molecule is COc1cc2ncc(-c3cc(NCCCO)ncc3F)n2cc1S(=O)(=O)C(C)(C)C. The summed E-state index contributed by atoms with van der Waals surface area (Å²) in [5.74, 6) is 0.0440. The molecule has 0 saturated carbocycles. The third-order valence-corrected chi connectivity index (χ3v) is 7.16. The lowest BCUT2D eigenvalue weighted by atomic mass is 10.2. The van der Waals surface area contributed by atoms with Crippen LogP contribution in [-0.2, 0) is 9.84 Å². The van der Waals surface area contributed by atoms with Crippen LogP contribution in [0.15, 0.2) is 35.6 Å². The number of methoxy groups -OCH3 is 1. The minimum Gasteiger partial charge on any atom is -0.495 e. The molecule has 3 rings (SSSR count). The number of anilines is 1. The predicted octanol–water partition coefficient (Wildman–Crippen LogP) is 2.91. The maximum Gasteiger partial charge on any atom is 0.188 e. The summed E-state index contributed by atoms with van der Waals surface area (Å²) in [6.45, 7) is 5.32. The van der Waals surface area contributed by atoms with Crippen molar-refractivity contribution in [3.05, 3.63) is 36.5 Å². The summed E-state index contributed by atoms with van der Waals surface area (Å²) in [4.78, 5) is 8.29. The van der Waals surface area contributed by atoms with Crippen LogP contribution in [0.5, 0.6) is 5.75 Å². The second kappa shape index (κ2) is 8.19. The van der Waals surface area contributed by atoms with Gasteiger partial charge in [0.1, 0.15) is 22.1 Å². The molecule has 3 aromatic heterocycles. The van der Waals surface area contributed by atoms with E-state index in [0.29, 0.717) is 30.1 Å². The zero-order chi connectivity index (χ0) is 22.1. The molecule has 0 aliphatic heterocycles. The number of pyridine rings is 2. The minimum atomic E-state index is -3.74. The van der Waals surface area contributed by atoms with E-state index in [2.05, 4.69) is 15.3 Å². The molecule has 3 heterocycles. The van der Waals surface area contributed by atoms with Crippen LogP contribution in [-0.4, -0.2) is 52.9 Å². The molecule has 0 bridgehead atoms. The number of nitrogens with one attached hydrogen (secondary N) is 1. The Kier molecular flexibility index (Phi) is 6.00. The van der Waals surface area contributed by atoms with E-state index in [1.54, 1.807) is 20.8 Å². The molecule has 2 N–H and O–H groups in total. The Morgan fingerprint density at radius 3 is 2.60 bits per heavy atom. The van der Waals surface area contributed by atoms with Crippen LogP contribution in [0.4, 0.5) is 10.2 Å². The monoisotopic (exact) mass is 436 g/mol. The molecule has 0 aliphatic rings. The molecule has 0 amide bonds. The number of halogens is 1. The second-order valence-corrected chi connectivity index (χ2v) is 10.4. The van der Waals surface area contributed by atoms with Gasteiger partial charge in [0, 0.05) is 31.0 Å². The van der Waals surface area contributed by atoms with Gasteiger partial charge < -0.3 is 15.2 Å². The third kappa shape index (κ3) is 3.97. The molecule has 0 aromatic carbocycles. The number of nitrogens with zero attached hydrogens (tertiary/aromatic N) is 3. The topological polar surface area (TPSA) is 106 Å². The Balaban J connectivity index is 2.18. The molecule has 8 nitrogen and oxygen atoms in total. The highest BCUT2D eigenvalue weighted by Crippen LogP contribution is 2.35. The largest absolute Gasteiger partial charge is 0.495 e. The van der Waals surface area contributed by atoms with Crippen molar-refractivity contribution in [2.75, 3.05) is 25.6 Å². The first-order valence-electron chi connectivity index (χ1n) is 9.40. The van der Waals surface area contributed by atoms with E-state index in [1.807, 2.05) is 0 Å². The molecular formula is C20H25FN4O4S. The number of aliphatic hydroxyl groups is 1. The van der Waals surface area contributed by atoms with Crippen LogP contribution in [0.1, 0.15) is 27.2 Å². The van der Waals surface area contributed by atoms with Crippen molar-refractivity contribution in [2.45, 2.75) is 36.8 Å². The molecule has 0 unspecified atom stereocenters. The van der Waals surface area contributed by atoms with Gasteiger partial charge in [-0.05, 0) is 33.3 Å². The van der Waals surface area contributed by atoms with Gasteiger partial charge in [-0.25, -0.2) is 22.8 Å². The van der Waals surface area contributed by atoms with Crippen LogP contribution in [0, 0.1) is 5.82 Å². The number of hydrogen-bond donors (Lipinski definition) is 2. The number of aliphatic hydroxyl groups excluding tert-OH is 1. The quantitative estimate of drug-likeness (QED) is 0.549. The summed E-state index contributed by atoms with van der Waals surface area (Å²) in [5.41, 5.74) is 1.01. The normalized spacial score (nSPS) is 12.3. The van der Waals surface area contributed by atoms with E-state index in [9.17, 15) is 12.8 Å². The summed E-state index contributed by atoms with van der Waals surface area (Å²) in [6, 6.07) is 3.04. The lowest BCUT2D eigenvalue weighted by Gasteiger charge is -2.21. The summed E-state index contributed by atoms with van der Waals surface area (Å²) < 4.78 is 46.5. The van der Waals surface area contributed by atoms with Gasteiger partial charge in [0.15, 0.2) is 15.7 Å². The molecule has 3 aromatic rings. The Hall–Kier alpha value is -2.72. The van der Waals surface area contributed by atoms with Crippen molar-refractivity contribution >= 4 is 21.3 Å². The number of aromatic nitrogens is 3. The molecule has 162 valence electrons. The maximum atomic E-state index is 14.6. The number of imidazole rings is 1. The first-order valence-corrected chi connectivity index (χ1v) is 10.9. The predicted molar refractivity (Wildman–Crippen MR) is 112 cm³/mol. The van der Waals surface area contributed by atoms with Crippen molar-refractivity contribution in [3.8, 4) is 17.0 Å². The highest BCUT2D eigenvalue weighted by Gasteiger charge is 2.34. The molecule has 10 heteroatoms. The van der Waals surface area contributed by atoms with Crippen molar-refractivity contribution in [2.24, 2.45) is 0 Å². The number of hydrogen-bond acceptors (Lipinski definition) is 7. The van der Waals surface area contributed by atoms with E-state index in [4.69, 9.17) is 9.84 Å². The second-order valence-electron chi connectivity index (χ2n) is 7.75. The zero-order valence-electron chi connectivity index (χ0n) is 17.3. The van der Waals surface area contributed by atoms with E-state index in [1.165, 1.54) is 36.0 Å². The van der Waals surface area contributed by atoms with Crippen LogP contribution >= 0.6 is 0 Å². The smallest absolute Gasteiger partial charge is 0.188 e. The summed E-state index contributed by atoms with van der Waals surface area (Å²) >= 11 is 0. The van der Waals surface area contributed by atoms with Gasteiger partial charge in [0.25, 0.3) is 0 Å². The Morgan fingerprint density at radius 2 is 1.97 bits per heavy atom. The minimum absolute atomic E-state index is 0.00000792. The Bertz CT molecular complexity index is 1170. The van der Waals surface area contributed by atoms with Gasteiger partial charge in [-0.1, -0.05) is 0 Å². The maximum absolute atomic E-state index is 14.6. The van der Waals surface area contributed by atoms with Crippen molar-refractivity contribution in [3.63, 3.8) is 0 Å². The Morgan fingerprint density at radius 1 is 1.23 bits per heavy atom. The number of rotatable bonds is 7. The van der Waals surface area contributed by atoms with E-state index in [0.717, 1.165) is 6.20 Å². The van der Waals surface area contributed by atoms with Crippen molar-refractivity contribution in [1.29, 1.82) is 0 Å². The number of ether oxygens (including phenoxy) is 1. The Labute approximate surface area is 174 Å². The van der Waals surface area contributed by atoms with Crippen molar-refractivity contribution in [1.82, 2.24) is 14.4 Å². The lowest BCUT2D eigenvalue weighted by Crippen LogP contribution is -2.28. The van der Waals surface area contributed by atoms with Gasteiger partial charge in [-0.15, -0.1) is 0 Å². The van der Waals surface area contributed by atoms with Gasteiger partial charge in [-0.3, -0.25) is 4.40 Å². The van der Waals surface area contributed by atoms with Crippen LogP contribution in [0.3, 0.4) is 0 Å². The molecular weight excluding hydrogens is 411 g/mol. The molecule has 0 radical (unpaired) electrons. The molecule has 0 saturated heterocycles. The number of fused-ring (bicyclic) bond motifs is 1. The average molecular weight is 437 g/mol. The van der Waals surface area contributed by atoms with Gasteiger partial charge in [0.2, 0.25) is 0 Å². The average Bonchev–Trinajstić information content (AvgIpc) is 3.10. The highest BCUT2D eigenvalue weighted by atomic mass is 32.2. The number of sulfone groups is 1. The fourth-order valence-electron chi connectivity index (χ4n) is 2.90. The van der Waals surface area contributed by atoms with Crippen molar-refractivity contribution < 1.29 is 22.7 Å². The van der Waals surface area contributed by atoms with E-state index >= 15 is 0 Å². The van der Waals surface area contributed by atoms with Crippen LogP contribution < -0.4 is 10.1 Å². The molecule has 30 heavy (non-hydrogen) atoms. The van der Waals surface area contributed by atoms with Crippen LogP contribution in [0.25, 0.3) is 16.9 Å². The lowest BCUT2D eigenvalue weighted by molar-refractivity contribution is 0.292. The fourth-order valence-corrected chi connectivity index (χ4v) is 4.22. The summed E-state index contributed by atoms with van der Waals surface area (Å²) in [7, 11) is -2.34. The fraction of sp³-hybridized carbons (Fsp3) is 0.400. The standard InChI is InChI=1S/C20H25FN4O4S/c1-20(2,3)30(27,28)17-12-25-15(11-24-19(25)9-16(17)29-4)13-8-18(22-6-5-7-26)23-10-14(13)21/h8-12,26H,5-7H2,1-4H3,(H,22,23). The van der Waals surface area contributed by atoms with Gasteiger partial charge >= 0.3 is 0 Å². The first-order chi connectivity index (χ1) is 14.1. The molecule has 0 fully saturated rings. The third-order valence-electron chi connectivity index (χ3n) is 4.66. The summed E-state index contributed by atoms with van der Waals surface area (Å²) in [5, 5.41) is 11.9. The van der Waals surface area contributed by atoms with E-state index in [-0.39, 0.29) is 22.8 Å². The zero-order valence-corrected chi connectivity index (χ0v) is 18.1.